The largest absolute Gasteiger partial charge is 0.390 e. The zero-order chi connectivity index (χ0) is 19.4. The van der Waals surface area contributed by atoms with E-state index in [-0.39, 0.29) is 36.3 Å². The minimum atomic E-state index is -0.283. The molecule has 1 N–H and O–H groups in total. The molecule has 0 spiro atoms. The minimum Gasteiger partial charge on any atom is -0.390 e. The van der Waals surface area contributed by atoms with Crippen molar-refractivity contribution in [2.75, 3.05) is 18.8 Å². The lowest BCUT2D eigenvalue weighted by molar-refractivity contribution is -0.140. The summed E-state index contributed by atoms with van der Waals surface area (Å²) in [4.78, 5) is 18.8. The maximum atomic E-state index is 13.1. The van der Waals surface area contributed by atoms with E-state index in [0.29, 0.717) is 30.5 Å². The van der Waals surface area contributed by atoms with Crippen molar-refractivity contribution in [3.63, 3.8) is 0 Å². The van der Waals surface area contributed by atoms with Gasteiger partial charge in [0.05, 0.1) is 30.3 Å². The molecular formula is C19H24FN3O3S. The van der Waals surface area contributed by atoms with Gasteiger partial charge in [0, 0.05) is 25.8 Å². The molecule has 0 unspecified atom stereocenters. The average molecular weight is 393 g/mol. The fourth-order valence-electron chi connectivity index (χ4n) is 3.14. The standard InChI is InChI=1S/C19H24FN3O3S/c1-13-7-22(8-14(2)26-13)18(25)12-27-19-21-17(11-24)10-23(19)9-15-3-5-16(20)6-4-15/h3-6,10,13-14,24H,7-9,11-12H2,1-2H3/t13-,14+. The molecule has 1 aromatic heterocycles. The first kappa shape index (κ1) is 19.9. The fourth-order valence-corrected chi connectivity index (χ4v) is 4.04. The number of hydrogen-bond acceptors (Lipinski definition) is 5. The zero-order valence-electron chi connectivity index (χ0n) is 15.5. The normalized spacial score (nSPS) is 20.1. The van der Waals surface area contributed by atoms with Crippen molar-refractivity contribution < 1.29 is 19.0 Å². The Labute approximate surface area is 162 Å². The van der Waals surface area contributed by atoms with Gasteiger partial charge in [-0.15, -0.1) is 0 Å². The van der Waals surface area contributed by atoms with Crippen molar-refractivity contribution in [2.24, 2.45) is 0 Å². The summed E-state index contributed by atoms with van der Waals surface area (Å²) in [5, 5.41) is 10.1. The van der Waals surface area contributed by atoms with Crippen LogP contribution in [0, 0.1) is 5.82 Å². The molecule has 8 heteroatoms. The van der Waals surface area contributed by atoms with Gasteiger partial charge >= 0.3 is 0 Å². The molecule has 0 bridgehead atoms. The van der Waals surface area contributed by atoms with Crippen molar-refractivity contribution in [3.05, 3.63) is 47.5 Å². The van der Waals surface area contributed by atoms with E-state index in [1.54, 1.807) is 18.3 Å². The first-order valence-electron chi connectivity index (χ1n) is 8.92. The Hall–Kier alpha value is -1.90. The van der Waals surface area contributed by atoms with E-state index in [0.717, 1.165) is 5.56 Å². The average Bonchev–Trinajstić information content (AvgIpc) is 3.02. The second-order valence-electron chi connectivity index (χ2n) is 6.77. The van der Waals surface area contributed by atoms with Crippen LogP contribution in [0.2, 0.25) is 0 Å². The quantitative estimate of drug-likeness (QED) is 0.763. The Morgan fingerprint density at radius 3 is 2.59 bits per heavy atom. The number of carbonyl (C=O) groups is 1. The summed E-state index contributed by atoms with van der Waals surface area (Å²) in [7, 11) is 0. The topological polar surface area (TPSA) is 67.6 Å². The van der Waals surface area contributed by atoms with E-state index in [1.165, 1.54) is 23.9 Å². The minimum absolute atomic E-state index is 0.0316. The van der Waals surface area contributed by atoms with Crippen LogP contribution in [0.4, 0.5) is 4.39 Å². The maximum Gasteiger partial charge on any atom is 0.233 e. The first-order chi connectivity index (χ1) is 12.9. The van der Waals surface area contributed by atoms with Crippen LogP contribution in [-0.2, 0) is 22.7 Å². The monoisotopic (exact) mass is 393 g/mol. The number of benzene rings is 1. The SMILES string of the molecule is C[C@@H]1CN(C(=O)CSc2nc(CO)cn2Cc2ccc(F)cc2)C[C@H](C)O1. The van der Waals surface area contributed by atoms with Gasteiger partial charge in [0.25, 0.3) is 0 Å². The summed E-state index contributed by atoms with van der Waals surface area (Å²) >= 11 is 1.34. The van der Waals surface area contributed by atoms with Crippen LogP contribution in [0.5, 0.6) is 0 Å². The summed E-state index contributed by atoms with van der Waals surface area (Å²) in [5.41, 5.74) is 1.46. The van der Waals surface area contributed by atoms with Gasteiger partial charge in [-0.2, -0.15) is 0 Å². The molecule has 3 rings (SSSR count). The second kappa shape index (κ2) is 8.86. The van der Waals surface area contributed by atoms with E-state index in [2.05, 4.69) is 4.98 Å². The van der Waals surface area contributed by atoms with E-state index < -0.39 is 0 Å². The van der Waals surface area contributed by atoms with Crippen LogP contribution in [0.3, 0.4) is 0 Å². The van der Waals surface area contributed by atoms with Gasteiger partial charge in [0.1, 0.15) is 5.82 Å². The highest BCUT2D eigenvalue weighted by molar-refractivity contribution is 7.99. The smallest absolute Gasteiger partial charge is 0.233 e. The molecule has 1 aliphatic rings. The number of aliphatic hydroxyl groups excluding tert-OH is 1. The summed E-state index contributed by atoms with van der Waals surface area (Å²) in [6.45, 7) is 5.44. The third-order valence-electron chi connectivity index (χ3n) is 4.32. The molecule has 2 heterocycles. The molecule has 146 valence electrons. The van der Waals surface area contributed by atoms with Gasteiger partial charge in [-0.3, -0.25) is 4.79 Å². The number of amides is 1. The van der Waals surface area contributed by atoms with Crippen LogP contribution in [0.1, 0.15) is 25.1 Å². The van der Waals surface area contributed by atoms with Gasteiger partial charge in [0.15, 0.2) is 5.16 Å². The molecule has 1 amide bonds. The predicted octanol–water partition coefficient (Wildman–Crippen LogP) is 2.29. The Bertz CT molecular complexity index is 771. The van der Waals surface area contributed by atoms with Gasteiger partial charge < -0.3 is 19.3 Å². The van der Waals surface area contributed by atoms with E-state index >= 15 is 0 Å². The Balaban J connectivity index is 1.66. The zero-order valence-corrected chi connectivity index (χ0v) is 16.3. The molecule has 0 radical (unpaired) electrons. The van der Waals surface area contributed by atoms with Crippen LogP contribution < -0.4 is 0 Å². The summed E-state index contributed by atoms with van der Waals surface area (Å²) in [5.74, 6) is 0.0311. The molecule has 0 aliphatic carbocycles. The Morgan fingerprint density at radius 1 is 1.30 bits per heavy atom. The van der Waals surface area contributed by atoms with Crippen LogP contribution in [-0.4, -0.2) is 56.5 Å². The summed E-state index contributed by atoms with van der Waals surface area (Å²) in [6, 6.07) is 6.25. The summed E-state index contributed by atoms with van der Waals surface area (Å²) < 4.78 is 20.6. The van der Waals surface area contributed by atoms with E-state index in [1.807, 2.05) is 23.3 Å². The number of thioether (sulfide) groups is 1. The first-order valence-corrected chi connectivity index (χ1v) is 9.90. The number of ether oxygens (including phenoxy) is 1. The van der Waals surface area contributed by atoms with Crippen molar-refractivity contribution in [2.45, 2.75) is 44.4 Å². The number of hydrogen-bond donors (Lipinski definition) is 1. The third-order valence-corrected chi connectivity index (χ3v) is 5.29. The molecular weight excluding hydrogens is 369 g/mol. The van der Waals surface area contributed by atoms with Gasteiger partial charge in [-0.05, 0) is 31.5 Å². The number of rotatable bonds is 6. The molecule has 1 fully saturated rings. The van der Waals surface area contributed by atoms with E-state index in [9.17, 15) is 14.3 Å². The highest BCUT2D eigenvalue weighted by Gasteiger charge is 2.26. The molecule has 6 nitrogen and oxygen atoms in total. The number of aromatic nitrogens is 2. The Kier molecular flexibility index (Phi) is 6.51. The summed E-state index contributed by atoms with van der Waals surface area (Å²) in [6.07, 6.45) is 1.82. The lowest BCUT2D eigenvalue weighted by Gasteiger charge is -2.35. The number of carbonyl (C=O) groups excluding carboxylic acids is 1. The van der Waals surface area contributed by atoms with Crippen molar-refractivity contribution in [1.82, 2.24) is 14.5 Å². The van der Waals surface area contributed by atoms with Crippen LogP contribution >= 0.6 is 11.8 Å². The number of morpholine rings is 1. The van der Waals surface area contributed by atoms with Crippen molar-refractivity contribution in [3.8, 4) is 0 Å². The Morgan fingerprint density at radius 2 is 1.96 bits per heavy atom. The number of imidazole rings is 1. The molecule has 2 atom stereocenters. The highest BCUT2D eigenvalue weighted by Crippen LogP contribution is 2.21. The maximum absolute atomic E-state index is 13.1. The fraction of sp³-hybridized carbons (Fsp3) is 0.474. The van der Waals surface area contributed by atoms with Crippen LogP contribution in [0.25, 0.3) is 0 Å². The number of halogens is 1. The van der Waals surface area contributed by atoms with E-state index in [4.69, 9.17) is 4.74 Å². The highest BCUT2D eigenvalue weighted by atomic mass is 32.2. The van der Waals surface area contributed by atoms with Gasteiger partial charge in [-0.25, -0.2) is 9.37 Å². The molecule has 1 aromatic carbocycles. The second-order valence-corrected chi connectivity index (χ2v) is 7.71. The molecule has 1 aliphatic heterocycles. The number of nitrogens with zero attached hydrogens (tertiary/aromatic N) is 3. The lowest BCUT2D eigenvalue weighted by Crippen LogP contribution is -2.48. The predicted molar refractivity (Wildman–Crippen MR) is 101 cm³/mol. The van der Waals surface area contributed by atoms with Gasteiger partial charge in [0.2, 0.25) is 5.91 Å². The van der Waals surface area contributed by atoms with Crippen LogP contribution in [0.15, 0.2) is 35.6 Å². The van der Waals surface area contributed by atoms with Gasteiger partial charge in [-0.1, -0.05) is 23.9 Å². The molecule has 1 saturated heterocycles. The molecule has 2 aromatic rings. The number of aliphatic hydroxyl groups is 1. The van der Waals surface area contributed by atoms with Crippen molar-refractivity contribution in [1.29, 1.82) is 0 Å². The molecule has 27 heavy (non-hydrogen) atoms. The lowest BCUT2D eigenvalue weighted by atomic mass is 10.2. The third kappa shape index (κ3) is 5.31. The molecule has 0 saturated carbocycles. The van der Waals surface area contributed by atoms with Crippen molar-refractivity contribution >= 4 is 17.7 Å².